The van der Waals surface area contributed by atoms with E-state index in [1.165, 1.54) is 25.1 Å². The highest BCUT2D eigenvalue weighted by molar-refractivity contribution is 6.00. The number of ether oxygens (including phenoxy) is 2. The van der Waals surface area contributed by atoms with Crippen LogP contribution < -0.4 is 5.32 Å². The van der Waals surface area contributed by atoms with E-state index in [1.807, 2.05) is 0 Å². The Labute approximate surface area is 165 Å². The van der Waals surface area contributed by atoms with Crippen LogP contribution in [0.15, 0.2) is 46.8 Å². The molecule has 146 valence electrons. The number of esters is 2. The van der Waals surface area contributed by atoms with Gasteiger partial charge in [-0.2, -0.15) is 5.26 Å². The molecule has 1 N–H and O–H groups in total. The summed E-state index contributed by atoms with van der Waals surface area (Å²) in [5, 5.41) is 23.4. The molecular formula is C19H19N3O6. The number of benzene rings is 1. The van der Waals surface area contributed by atoms with Gasteiger partial charge in [0.25, 0.3) is 5.69 Å². The van der Waals surface area contributed by atoms with Gasteiger partial charge in [-0.3, -0.25) is 10.1 Å². The lowest BCUT2D eigenvalue weighted by Crippen LogP contribution is -2.33. The number of hydrogen-bond acceptors (Lipinski definition) is 8. The van der Waals surface area contributed by atoms with E-state index in [0.717, 1.165) is 6.07 Å². The zero-order chi connectivity index (χ0) is 23.5. The van der Waals surface area contributed by atoms with E-state index < -0.39 is 41.5 Å². The Morgan fingerprint density at radius 1 is 1.36 bits per heavy atom. The number of nitro groups is 1. The highest BCUT2D eigenvalue weighted by Gasteiger charge is 2.39. The molecule has 1 aliphatic rings. The number of nitro benzene ring substituents is 1. The van der Waals surface area contributed by atoms with Gasteiger partial charge in [-0.15, -0.1) is 0 Å². The number of allylic oxidation sites excluding steroid dienone is 2. The molecule has 0 saturated carbocycles. The molecule has 1 aromatic carbocycles. The number of non-ortho nitro benzene ring substituents is 1. The van der Waals surface area contributed by atoms with E-state index in [9.17, 15) is 25.0 Å². The molecule has 0 saturated heterocycles. The SMILES string of the molecule is [2H]C([2H])([2H])OC(=O)C1=C(C#N)NC(C)=C(C(=O)OC(C)C)C1c1cccc([N+](=O)[O-])c1. The van der Waals surface area contributed by atoms with Crippen LogP contribution in [0.4, 0.5) is 5.69 Å². The first kappa shape index (κ1) is 16.5. The van der Waals surface area contributed by atoms with Crippen LogP contribution in [-0.4, -0.2) is 30.0 Å². The number of carbonyl (C=O) groups excluding carboxylic acids is 2. The summed E-state index contributed by atoms with van der Waals surface area (Å²) >= 11 is 0. The van der Waals surface area contributed by atoms with Crippen molar-refractivity contribution in [1.29, 1.82) is 5.26 Å². The second-order valence-corrected chi connectivity index (χ2v) is 6.19. The molecule has 1 unspecified atom stereocenters. The summed E-state index contributed by atoms with van der Waals surface area (Å²) in [5.41, 5.74) is -0.970. The van der Waals surface area contributed by atoms with Crippen molar-refractivity contribution in [2.24, 2.45) is 0 Å². The van der Waals surface area contributed by atoms with E-state index in [-0.39, 0.29) is 28.2 Å². The Bertz CT molecular complexity index is 1040. The molecule has 9 heteroatoms. The Morgan fingerprint density at radius 3 is 2.64 bits per heavy atom. The highest BCUT2D eigenvalue weighted by Crippen LogP contribution is 2.40. The third kappa shape index (κ3) is 4.01. The molecule has 9 nitrogen and oxygen atoms in total. The Kier molecular flexibility index (Phi) is 4.92. The number of dihydropyridines is 1. The fourth-order valence-corrected chi connectivity index (χ4v) is 2.89. The zero-order valence-electron chi connectivity index (χ0n) is 18.3. The van der Waals surface area contributed by atoms with Crippen molar-refractivity contribution in [3.63, 3.8) is 0 Å². The third-order valence-corrected chi connectivity index (χ3v) is 3.96. The number of nitriles is 1. The number of methoxy groups -OCH3 is 1. The van der Waals surface area contributed by atoms with Crippen molar-refractivity contribution in [3.8, 4) is 6.07 Å². The highest BCUT2D eigenvalue weighted by atomic mass is 16.6. The quantitative estimate of drug-likeness (QED) is 0.462. The minimum atomic E-state index is -3.12. The van der Waals surface area contributed by atoms with Crippen LogP contribution in [0.5, 0.6) is 0 Å². The molecule has 0 aliphatic carbocycles. The summed E-state index contributed by atoms with van der Waals surface area (Å²) in [5.74, 6) is -3.55. The predicted molar refractivity (Wildman–Crippen MR) is 97.6 cm³/mol. The largest absolute Gasteiger partial charge is 0.466 e. The van der Waals surface area contributed by atoms with Gasteiger partial charge in [0.05, 0.1) is 39.2 Å². The maximum atomic E-state index is 12.8. The molecule has 2 rings (SSSR count). The fourth-order valence-electron chi connectivity index (χ4n) is 2.89. The normalized spacial score (nSPS) is 18.4. The van der Waals surface area contributed by atoms with Crippen LogP contribution in [0.25, 0.3) is 0 Å². The summed E-state index contributed by atoms with van der Waals surface area (Å²) in [6, 6.07) is 6.85. The summed E-state index contributed by atoms with van der Waals surface area (Å²) < 4.78 is 31.3. The van der Waals surface area contributed by atoms with Gasteiger partial charge < -0.3 is 14.8 Å². The Hall–Kier alpha value is -3.67. The topological polar surface area (TPSA) is 132 Å². The summed E-state index contributed by atoms with van der Waals surface area (Å²) in [6.07, 6.45) is -0.530. The molecule has 1 aliphatic heterocycles. The number of nitrogens with one attached hydrogen (secondary N) is 1. The maximum absolute atomic E-state index is 12.8. The molecule has 28 heavy (non-hydrogen) atoms. The van der Waals surface area contributed by atoms with E-state index in [4.69, 9.17) is 8.85 Å². The van der Waals surface area contributed by atoms with Gasteiger partial charge in [0.2, 0.25) is 0 Å². The molecule has 1 heterocycles. The first-order valence-corrected chi connectivity index (χ1v) is 8.16. The monoisotopic (exact) mass is 388 g/mol. The molecule has 0 spiro atoms. The summed E-state index contributed by atoms with van der Waals surface area (Å²) in [6.45, 7) is 4.67. The summed E-state index contributed by atoms with van der Waals surface area (Å²) in [7, 11) is -3.12. The minimum Gasteiger partial charge on any atom is -0.466 e. The smallest absolute Gasteiger partial charge is 0.337 e. The van der Waals surface area contributed by atoms with Gasteiger partial charge in [0.1, 0.15) is 11.8 Å². The Morgan fingerprint density at radius 2 is 2.07 bits per heavy atom. The van der Waals surface area contributed by atoms with Crippen molar-refractivity contribution in [3.05, 3.63) is 62.5 Å². The van der Waals surface area contributed by atoms with Crippen LogP contribution in [0, 0.1) is 21.4 Å². The van der Waals surface area contributed by atoms with Gasteiger partial charge in [0.15, 0.2) is 0 Å². The number of rotatable bonds is 5. The molecule has 0 bridgehead atoms. The molecule has 1 atom stereocenters. The van der Waals surface area contributed by atoms with E-state index >= 15 is 0 Å². The average Bonchev–Trinajstić information content (AvgIpc) is 2.64. The fraction of sp³-hybridized carbons (Fsp3) is 0.316. The van der Waals surface area contributed by atoms with Crippen LogP contribution in [0.3, 0.4) is 0 Å². The van der Waals surface area contributed by atoms with Crippen LogP contribution in [0.1, 0.15) is 36.4 Å². The molecular weight excluding hydrogens is 366 g/mol. The second kappa shape index (κ2) is 8.35. The van der Waals surface area contributed by atoms with E-state index in [0.29, 0.717) is 0 Å². The van der Waals surface area contributed by atoms with Gasteiger partial charge in [-0.05, 0) is 26.3 Å². The van der Waals surface area contributed by atoms with Crippen molar-refractivity contribution < 1.29 is 28.1 Å². The molecule has 0 radical (unpaired) electrons. The number of nitrogens with zero attached hydrogens (tertiary/aromatic N) is 2. The third-order valence-electron chi connectivity index (χ3n) is 3.96. The standard InChI is InChI=1S/C19H19N3O6/c1-10(2)28-19(24)15-11(3)21-14(9-20)17(18(23)27-4)16(15)12-6-5-7-13(8-12)22(25)26/h5-8,10,16,21H,1-4H3/i4D3. The lowest BCUT2D eigenvalue weighted by Gasteiger charge is -2.29. The minimum absolute atomic E-state index is 0.106. The number of carbonyl (C=O) groups is 2. The lowest BCUT2D eigenvalue weighted by atomic mass is 9.80. The van der Waals surface area contributed by atoms with Crippen LogP contribution in [0.2, 0.25) is 0 Å². The van der Waals surface area contributed by atoms with Gasteiger partial charge in [-0.25, -0.2) is 9.59 Å². The summed E-state index contributed by atoms with van der Waals surface area (Å²) in [4.78, 5) is 36.2. The van der Waals surface area contributed by atoms with Gasteiger partial charge in [0, 0.05) is 17.8 Å². The van der Waals surface area contributed by atoms with Crippen LogP contribution >= 0.6 is 0 Å². The molecule has 1 aromatic rings. The first-order valence-electron chi connectivity index (χ1n) is 9.66. The van der Waals surface area contributed by atoms with Crippen molar-refractivity contribution >= 4 is 17.6 Å². The molecule has 0 aromatic heterocycles. The van der Waals surface area contributed by atoms with Gasteiger partial charge in [-0.1, -0.05) is 12.1 Å². The molecule has 0 amide bonds. The first-order chi connectivity index (χ1) is 14.4. The predicted octanol–water partition coefficient (Wildman–Crippen LogP) is 2.46. The van der Waals surface area contributed by atoms with Crippen LogP contribution in [-0.2, 0) is 19.1 Å². The van der Waals surface area contributed by atoms with Crippen molar-refractivity contribution in [2.75, 3.05) is 7.04 Å². The average molecular weight is 388 g/mol. The van der Waals surface area contributed by atoms with Crippen molar-refractivity contribution in [2.45, 2.75) is 32.8 Å². The van der Waals surface area contributed by atoms with Gasteiger partial charge >= 0.3 is 11.9 Å². The lowest BCUT2D eigenvalue weighted by molar-refractivity contribution is -0.384. The Balaban J connectivity index is 2.77. The van der Waals surface area contributed by atoms with E-state index in [1.54, 1.807) is 19.9 Å². The second-order valence-electron chi connectivity index (χ2n) is 6.19. The number of hydrogen-bond donors (Lipinski definition) is 1. The zero-order valence-corrected chi connectivity index (χ0v) is 15.3. The van der Waals surface area contributed by atoms with Crippen molar-refractivity contribution in [1.82, 2.24) is 5.32 Å². The van der Waals surface area contributed by atoms with E-state index in [2.05, 4.69) is 10.1 Å². The maximum Gasteiger partial charge on any atom is 0.337 e. The molecule has 0 fully saturated rings.